The lowest BCUT2D eigenvalue weighted by molar-refractivity contribution is 0.0194. The summed E-state index contributed by atoms with van der Waals surface area (Å²) in [5, 5.41) is 3.76. The van der Waals surface area contributed by atoms with Gasteiger partial charge in [-0.1, -0.05) is 26.2 Å². The average Bonchev–Trinajstić information content (AvgIpc) is 2.45. The second-order valence-electron chi connectivity index (χ2n) is 8.49. The van der Waals surface area contributed by atoms with Crippen LogP contribution in [0.1, 0.15) is 72.6 Å². The fourth-order valence-corrected chi connectivity index (χ4v) is 3.57. The minimum atomic E-state index is -0.401. The molecule has 1 heterocycles. The molecule has 0 aromatic heterocycles. The van der Waals surface area contributed by atoms with E-state index in [1.807, 2.05) is 25.7 Å². The highest BCUT2D eigenvalue weighted by atomic mass is 16.6. The van der Waals surface area contributed by atoms with Crippen molar-refractivity contribution in [3.05, 3.63) is 0 Å². The highest BCUT2D eigenvalue weighted by molar-refractivity contribution is 5.68. The maximum absolute atomic E-state index is 12.1. The third-order valence-corrected chi connectivity index (χ3v) is 5.02. The number of amides is 1. The van der Waals surface area contributed by atoms with Gasteiger partial charge in [0.1, 0.15) is 5.60 Å². The summed E-state index contributed by atoms with van der Waals surface area (Å²) in [6.45, 7) is 10.9. The summed E-state index contributed by atoms with van der Waals surface area (Å²) in [6, 6.07) is 0.553. The molecule has 1 aliphatic heterocycles. The van der Waals surface area contributed by atoms with E-state index in [-0.39, 0.29) is 6.09 Å². The van der Waals surface area contributed by atoms with Gasteiger partial charge in [0.05, 0.1) is 0 Å². The van der Waals surface area contributed by atoms with E-state index in [0.29, 0.717) is 11.5 Å². The first-order valence-electron chi connectivity index (χ1n) is 8.99. The van der Waals surface area contributed by atoms with Gasteiger partial charge < -0.3 is 15.0 Å². The Balaban J connectivity index is 1.70. The SMILES string of the molecule is CC1(CNC2CCN(C(=O)OC(C)(C)C)CC2)CCCCC1. The summed E-state index contributed by atoms with van der Waals surface area (Å²) in [4.78, 5) is 13.9. The molecule has 1 aliphatic carbocycles. The summed E-state index contributed by atoms with van der Waals surface area (Å²) >= 11 is 0. The molecule has 1 saturated heterocycles. The lowest BCUT2D eigenvalue weighted by Crippen LogP contribution is -2.48. The minimum Gasteiger partial charge on any atom is -0.444 e. The number of hydrogen-bond acceptors (Lipinski definition) is 3. The van der Waals surface area contributed by atoms with Crippen molar-refractivity contribution in [1.29, 1.82) is 0 Å². The van der Waals surface area contributed by atoms with E-state index in [2.05, 4.69) is 12.2 Å². The van der Waals surface area contributed by atoms with Crippen molar-refractivity contribution in [3.63, 3.8) is 0 Å². The van der Waals surface area contributed by atoms with Crippen molar-refractivity contribution in [2.24, 2.45) is 5.41 Å². The Morgan fingerprint density at radius 1 is 1.18 bits per heavy atom. The number of carbonyl (C=O) groups is 1. The van der Waals surface area contributed by atoms with Crippen LogP contribution in [0.2, 0.25) is 0 Å². The van der Waals surface area contributed by atoms with Crippen LogP contribution in [0.3, 0.4) is 0 Å². The Morgan fingerprint density at radius 3 is 2.32 bits per heavy atom. The van der Waals surface area contributed by atoms with Gasteiger partial charge in [-0.05, 0) is 51.9 Å². The molecule has 0 aromatic carbocycles. The van der Waals surface area contributed by atoms with Crippen LogP contribution in [0.25, 0.3) is 0 Å². The molecular weight excluding hydrogens is 276 g/mol. The molecular formula is C18H34N2O2. The smallest absolute Gasteiger partial charge is 0.410 e. The Kier molecular flexibility index (Phi) is 5.76. The van der Waals surface area contributed by atoms with Crippen LogP contribution in [-0.2, 0) is 4.74 Å². The number of rotatable bonds is 3. The Hall–Kier alpha value is -0.770. The van der Waals surface area contributed by atoms with Crippen LogP contribution >= 0.6 is 0 Å². The van der Waals surface area contributed by atoms with E-state index in [4.69, 9.17) is 4.74 Å². The van der Waals surface area contributed by atoms with Gasteiger partial charge in [-0.2, -0.15) is 0 Å². The van der Waals surface area contributed by atoms with Crippen molar-refractivity contribution in [2.75, 3.05) is 19.6 Å². The first-order chi connectivity index (χ1) is 10.3. The van der Waals surface area contributed by atoms with Crippen LogP contribution in [0.5, 0.6) is 0 Å². The lowest BCUT2D eigenvalue weighted by Gasteiger charge is -2.38. The number of piperidine rings is 1. The van der Waals surface area contributed by atoms with Gasteiger partial charge >= 0.3 is 6.09 Å². The summed E-state index contributed by atoms with van der Waals surface area (Å²) in [7, 11) is 0. The van der Waals surface area contributed by atoms with Crippen LogP contribution < -0.4 is 5.32 Å². The molecule has 22 heavy (non-hydrogen) atoms. The zero-order chi connectivity index (χ0) is 16.2. The molecule has 0 atom stereocenters. The summed E-state index contributed by atoms with van der Waals surface area (Å²) in [5.74, 6) is 0. The highest BCUT2D eigenvalue weighted by Crippen LogP contribution is 2.35. The van der Waals surface area contributed by atoms with E-state index in [1.54, 1.807) is 0 Å². The number of nitrogens with one attached hydrogen (secondary N) is 1. The zero-order valence-corrected chi connectivity index (χ0v) is 14.9. The number of nitrogens with zero attached hydrogens (tertiary/aromatic N) is 1. The Bertz CT molecular complexity index is 362. The van der Waals surface area contributed by atoms with Crippen LogP contribution in [0, 0.1) is 5.41 Å². The van der Waals surface area contributed by atoms with Crippen LogP contribution in [-0.4, -0.2) is 42.3 Å². The van der Waals surface area contributed by atoms with Gasteiger partial charge in [-0.3, -0.25) is 0 Å². The third kappa shape index (κ3) is 5.45. The van der Waals surface area contributed by atoms with Gasteiger partial charge in [0.15, 0.2) is 0 Å². The topological polar surface area (TPSA) is 41.6 Å². The second kappa shape index (κ2) is 7.20. The van der Waals surface area contributed by atoms with Gasteiger partial charge in [-0.25, -0.2) is 4.79 Å². The summed E-state index contributed by atoms with van der Waals surface area (Å²) in [5.41, 5.74) is 0.0856. The fraction of sp³-hybridized carbons (Fsp3) is 0.944. The molecule has 2 rings (SSSR count). The highest BCUT2D eigenvalue weighted by Gasteiger charge is 2.30. The van der Waals surface area contributed by atoms with Gasteiger partial charge in [0.2, 0.25) is 0 Å². The Morgan fingerprint density at radius 2 is 1.77 bits per heavy atom. The number of carbonyl (C=O) groups excluding carboxylic acids is 1. The van der Waals surface area contributed by atoms with E-state index in [0.717, 1.165) is 32.5 Å². The third-order valence-electron chi connectivity index (χ3n) is 5.02. The van der Waals surface area contributed by atoms with Gasteiger partial charge in [-0.15, -0.1) is 0 Å². The van der Waals surface area contributed by atoms with E-state index < -0.39 is 5.60 Å². The molecule has 2 aliphatic rings. The first kappa shape index (κ1) is 17.6. The zero-order valence-electron chi connectivity index (χ0n) is 14.9. The fourth-order valence-electron chi connectivity index (χ4n) is 3.57. The number of likely N-dealkylation sites (tertiary alicyclic amines) is 1. The molecule has 0 radical (unpaired) electrons. The molecule has 4 heteroatoms. The predicted molar refractivity (Wildman–Crippen MR) is 90.0 cm³/mol. The van der Waals surface area contributed by atoms with E-state index >= 15 is 0 Å². The summed E-state index contributed by atoms with van der Waals surface area (Å²) in [6.07, 6.45) is 8.80. The molecule has 1 N–H and O–H groups in total. The molecule has 0 aromatic rings. The molecule has 2 fully saturated rings. The molecule has 1 amide bonds. The quantitative estimate of drug-likeness (QED) is 0.858. The monoisotopic (exact) mass is 310 g/mol. The largest absolute Gasteiger partial charge is 0.444 e. The molecule has 128 valence electrons. The van der Waals surface area contributed by atoms with E-state index in [9.17, 15) is 4.79 Å². The molecule has 1 saturated carbocycles. The minimum absolute atomic E-state index is 0.162. The van der Waals surface area contributed by atoms with Crippen LogP contribution in [0.15, 0.2) is 0 Å². The first-order valence-corrected chi connectivity index (χ1v) is 8.99. The van der Waals surface area contributed by atoms with Crippen molar-refractivity contribution in [3.8, 4) is 0 Å². The maximum atomic E-state index is 12.1. The van der Waals surface area contributed by atoms with Gasteiger partial charge in [0, 0.05) is 25.7 Å². The molecule has 4 nitrogen and oxygen atoms in total. The van der Waals surface area contributed by atoms with Crippen molar-refractivity contribution < 1.29 is 9.53 Å². The second-order valence-corrected chi connectivity index (χ2v) is 8.49. The molecule has 0 spiro atoms. The van der Waals surface area contributed by atoms with Crippen LogP contribution in [0.4, 0.5) is 4.79 Å². The number of hydrogen-bond donors (Lipinski definition) is 1. The summed E-state index contributed by atoms with van der Waals surface area (Å²) < 4.78 is 5.45. The normalized spacial score (nSPS) is 23.4. The Labute approximate surface area is 136 Å². The molecule has 0 unspecified atom stereocenters. The van der Waals surface area contributed by atoms with Crippen molar-refractivity contribution in [1.82, 2.24) is 10.2 Å². The maximum Gasteiger partial charge on any atom is 0.410 e. The predicted octanol–water partition coefficient (Wildman–Crippen LogP) is 3.95. The standard InChI is InChI=1S/C18H34N2O2/c1-17(2,3)22-16(21)20-12-8-15(9-13-20)19-14-18(4)10-6-5-7-11-18/h15,19H,5-14H2,1-4H3. The van der Waals surface area contributed by atoms with Crippen molar-refractivity contribution >= 4 is 6.09 Å². The van der Waals surface area contributed by atoms with Crippen molar-refractivity contribution in [2.45, 2.75) is 84.3 Å². The lowest BCUT2D eigenvalue weighted by atomic mass is 9.75. The van der Waals surface area contributed by atoms with E-state index in [1.165, 1.54) is 32.1 Å². The van der Waals surface area contributed by atoms with Gasteiger partial charge in [0.25, 0.3) is 0 Å². The number of ether oxygens (including phenoxy) is 1. The molecule has 0 bridgehead atoms. The average molecular weight is 310 g/mol.